The number of esters is 1. The molecule has 0 N–H and O–H groups in total. The summed E-state index contributed by atoms with van der Waals surface area (Å²) in [7, 11) is 0. The number of benzene rings is 2. The van der Waals surface area contributed by atoms with Gasteiger partial charge in [0.25, 0.3) is 0 Å². The number of fused-ring (bicyclic) bond motifs is 1. The van der Waals surface area contributed by atoms with Gasteiger partial charge in [0.2, 0.25) is 0 Å². The molecule has 0 saturated carbocycles. The number of rotatable bonds is 7. The monoisotopic (exact) mass is 414 g/mol. The Labute approximate surface area is 174 Å². The Morgan fingerprint density at radius 3 is 2.62 bits per heavy atom. The van der Waals surface area contributed by atoms with Gasteiger partial charge in [0.15, 0.2) is 0 Å². The van der Waals surface area contributed by atoms with Crippen LogP contribution >= 0.6 is 11.6 Å². The van der Waals surface area contributed by atoms with Gasteiger partial charge >= 0.3 is 11.6 Å². The standard InChI is InChI=1S/C23H23ClO5/c1-14-6-8-19-17(12-22(26)29-23(19)16(14)3)13-28-21(25)5-4-10-27-18-7-9-20(24)15(2)11-18/h6-9,11-12H,4-5,10,13H2,1-3H3. The van der Waals surface area contributed by atoms with Crippen molar-refractivity contribution < 1.29 is 18.7 Å². The van der Waals surface area contributed by atoms with Gasteiger partial charge in [-0.15, -0.1) is 0 Å². The fraction of sp³-hybridized carbons (Fsp3) is 0.304. The first-order chi connectivity index (χ1) is 13.8. The minimum absolute atomic E-state index is 0.0284. The molecule has 0 radical (unpaired) electrons. The third-order valence-electron chi connectivity index (χ3n) is 4.83. The molecular weight excluding hydrogens is 392 g/mol. The molecule has 0 spiro atoms. The highest BCUT2D eigenvalue weighted by Crippen LogP contribution is 2.24. The fourth-order valence-electron chi connectivity index (χ4n) is 2.99. The van der Waals surface area contributed by atoms with Crippen LogP contribution in [-0.2, 0) is 16.1 Å². The number of hydrogen-bond donors (Lipinski definition) is 0. The van der Waals surface area contributed by atoms with Gasteiger partial charge in [-0.05, 0) is 62.1 Å². The van der Waals surface area contributed by atoms with Gasteiger partial charge in [-0.3, -0.25) is 4.79 Å². The normalized spacial score (nSPS) is 10.9. The second-order valence-corrected chi connectivity index (χ2v) is 7.41. The van der Waals surface area contributed by atoms with Crippen LogP contribution in [0.3, 0.4) is 0 Å². The van der Waals surface area contributed by atoms with Crippen molar-refractivity contribution in [1.82, 2.24) is 0 Å². The lowest BCUT2D eigenvalue weighted by molar-refractivity contribution is -0.145. The van der Waals surface area contributed by atoms with Crippen molar-refractivity contribution >= 4 is 28.5 Å². The first-order valence-corrected chi connectivity index (χ1v) is 9.80. The lowest BCUT2D eigenvalue weighted by Crippen LogP contribution is -2.09. The molecule has 0 fully saturated rings. The van der Waals surface area contributed by atoms with E-state index in [4.69, 9.17) is 25.5 Å². The predicted molar refractivity (Wildman–Crippen MR) is 113 cm³/mol. The van der Waals surface area contributed by atoms with Crippen LogP contribution in [0.2, 0.25) is 5.02 Å². The Hall–Kier alpha value is -2.79. The van der Waals surface area contributed by atoms with Crippen LogP contribution in [0.4, 0.5) is 0 Å². The van der Waals surface area contributed by atoms with Gasteiger partial charge in [0.05, 0.1) is 6.61 Å². The van der Waals surface area contributed by atoms with Gasteiger partial charge in [-0.25, -0.2) is 4.79 Å². The molecule has 0 saturated heterocycles. The molecule has 152 valence electrons. The van der Waals surface area contributed by atoms with Crippen LogP contribution in [0.25, 0.3) is 11.0 Å². The number of halogens is 1. The Morgan fingerprint density at radius 1 is 1.07 bits per heavy atom. The van der Waals surface area contributed by atoms with E-state index < -0.39 is 5.63 Å². The number of aryl methyl sites for hydroxylation is 3. The molecule has 3 aromatic rings. The van der Waals surface area contributed by atoms with Crippen LogP contribution in [0.1, 0.15) is 35.1 Å². The third-order valence-corrected chi connectivity index (χ3v) is 5.25. The quantitative estimate of drug-likeness (QED) is 0.299. The molecule has 0 aliphatic heterocycles. The number of hydrogen-bond acceptors (Lipinski definition) is 5. The number of ether oxygens (including phenoxy) is 2. The van der Waals surface area contributed by atoms with Gasteiger partial charge in [0, 0.05) is 28.5 Å². The highest BCUT2D eigenvalue weighted by Gasteiger charge is 2.11. The van der Waals surface area contributed by atoms with E-state index >= 15 is 0 Å². The molecule has 0 aliphatic carbocycles. The maximum absolute atomic E-state index is 12.1. The molecule has 29 heavy (non-hydrogen) atoms. The molecule has 6 heteroatoms. The second kappa shape index (κ2) is 9.14. The van der Waals surface area contributed by atoms with Crippen LogP contribution in [0.15, 0.2) is 45.6 Å². The van der Waals surface area contributed by atoms with Crippen LogP contribution in [-0.4, -0.2) is 12.6 Å². The van der Waals surface area contributed by atoms with Crippen molar-refractivity contribution in [2.75, 3.05) is 6.61 Å². The molecule has 2 aromatic carbocycles. The van der Waals surface area contributed by atoms with Gasteiger partial charge in [-0.1, -0.05) is 23.7 Å². The molecule has 3 rings (SSSR count). The minimum atomic E-state index is -0.455. The SMILES string of the molecule is Cc1cc(OCCCC(=O)OCc2cc(=O)oc3c(C)c(C)ccc23)ccc1Cl. The van der Waals surface area contributed by atoms with E-state index in [0.29, 0.717) is 34.9 Å². The first kappa shape index (κ1) is 20.9. The molecule has 1 heterocycles. The Kier molecular flexibility index (Phi) is 6.60. The van der Waals surface area contributed by atoms with E-state index in [9.17, 15) is 9.59 Å². The largest absolute Gasteiger partial charge is 0.494 e. The van der Waals surface area contributed by atoms with Crippen molar-refractivity contribution in [1.29, 1.82) is 0 Å². The summed E-state index contributed by atoms with van der Waals surface area (Å²) in [5, 5.41) is 1.47. The molecule has 5 nitrogen and oxygen atoms in total. The van der Waals surface area contributed by atoms with E-state index in [1.165, 1.54) is 6.07 Å². The molecule has 0 bridgehead atoms. The van der Waals surface area contributed by atoms with Crippen molar-refractivity contribution in [3.05, 3.63) is 74.1 Å². The number of carbonyl (C=O) groups is 1. The maximum Gasteiger partial charge on any atom is 0.336 e. The lowest BCUT2D eigenvalue weighted by atomic mass is 10.0. The van der Waals surface area contributed by atoms with Crippen LogP contribution in [0, 0.1) is 20.8 Å². The van der Waals surface area contributed by atoms with Gasteiger partial charge < -0.3 is 13.9 Å². The summed E-state index contributed by atoms with van der Waals surface area (Å²) in [5.74, 6) is 0.375. The van der Waals surface area contributed by atoms with Crippen LogP contribution < -0.4 is 10.4 Å². The minimum Gasteiger partial charge on any atom is -0.494 e. The summed E-state index contributed by atoms with van der Waals surface area (Å²) < 4.78 is 16.3. The molecule has 1 aromatic heterocycles. The highest BCUT2D eigenvalue weighted by molar-refractivity contribution is 6.31. The second-order valence-electron chi connectivity index (χ2n) is 7.00. The van der Waals surface area contributed by atoms with E-state index in [0.717, 1.165) is 22.1 Å². The Bertz CT molecular complexity index is 1100. The van der Waals surface area contributed by atoms with Gasteiger partial charge in [0.1, 0.15) is 17.9 Å². The molecule has 0 amide bonds. The zero-order valence-electron chi connectivity index (χ0n) is 16.7. The summed E-state index contributed by atoms with van der Waals surface area (Å²) in [5.41, 5.74) is 3.60. The topological polar surface area (TPSA) is 65.7 Å². The zero-order chi connectivity index (χ0) is 21.0. The Morgan fingerprint density at radius 2 is 1.86 bits per heavy atom. The average molecular weight is 415 g/mol. The van der Waals surface area contributed by atoms with Crippen molar-refractivity contribution in [3.63, 3.8) is 0 Å². The summed E-state index contributed by atoms with van der Waals surface area (Å²) in [6.07, 6.45) is 0.751. The van der Waals surface area contributed by atoms with E-state index in [2.05, 4.69) is 0 Å². The molecule has 0 aliphatic rings. The number of carbonyl (C=O) groups excluding carboxylic acids is 1. The highest BCUT2D eigenvalue weighted by atomic mass is 35.5. The molecule has 0 unspecified atom stereocenters. The van der Waals surface area contributed by atoms with Crippen molar-refractivity contribution in [3.8, 4) is 5.75 Å². The summed E-state index contributed by atoms with van der Waals surface area (Å²) in [4.78, 5) is 23.9. The van der Waals surface area contributed by atoms with Crippen LogP contribution in [0.5, 0.6) is 5.75 Å². The maximum atomic E-state index is 12.1. The molecular formula is C23H23ClO5. The van der Waals surface area contributed by atoms with Crippen molar-refractivity contribution in [2.24, 2.45) is 0 Å². The summed E-state index contributed by atoms with van der Waals surface area (Å²) in [6, 6.07) is 10.6. The Balaban J connectivity index is 1.54. The third kappa shape index (κ3) is 5.18. The van der Waals surface area contributed by atoms with E-state index in [1.807, 2.05) is 39.0 Å². The average Bonchev–Trinajstić information content (AvgIpc) is 2.69. The summed E-state index contributed by atoms with van der Waals surface area (Å²) >= 11 is 5.99. The van der Waals surface area contributed by atoms with Gasteiger partial charge in [-0.2, -0.15) is 0 Å². The van der Waals surface area contributed by atoms with Crippen molar-refractivity contribution in [2.45, 2.75) is 40.2 Å². The fourth-order valence-corrected chi connectivity index (χ4v) is 3.11. The first-order valence-electron chi connectivity index (χ1n) is 9.42. The summed E-state index contributed by atoms with van der Waals surface area (Å²) in [6.45, 7) is 6.18. The zero-order valence-corrected chi connectivity index (χ0v) is 17.5. The van der Waals surface area contributed by atoms with E-state index in [1.54, 1.807) is 12.1 Å². The molecule has 0 atom stereocenters. The smallest absolute Gasteiger partial charge is 0.336 e. The van der Waals surface area contributed by atoms with E-state index in [-0.39, 0.29) is 19.0 Å². The lowest BCUT2D eigenvalue weighted by Gasteiger charge is -2.10. The predicted octanol–water partition coefficient (Wildman–Crippen LogP) is 5.27.